The zero-order valence-corrected chi connectivity index (χ0v) is 10.4. The highest BCUT2D eigenvalue weighted by Crippen LogP contribution is 2.16. The third kappa shape index (κ3) is 4.07. The normalized spacial score (nSPS) is 11.9. The van der Waals surface area contributed by atoms with Gasteiger partial charge in [0.2, 0.25) is 5.91 Å². The number of nitrogens with one attached hydrogen (secondary N) is 1. The molecule has 1 rings (SSSR count). The molecule has 1 atom stereocenters. The number of carbonyl (C=O) groups excluding carboxylic acids is 1. The van der Waals surface area contributed by atoms with Crippen LogP contribution in [-0.2, 0) is 16.0 Å². The van der Waals surface area contributed by atoms with Crippen LogP contribution >= 0.6 is 11.6 Å². The number of halogens is 1. The van der Waals surface area contributed by atoms with Gasteiger partial charge in [0.15, 0.2) is 0 Å². The predicted octanol–water partition coefficient (Wildman–Crippen LogP) is 1.78. The summed E-state index contributed by atoms with van der Waals surface area (Å²) in [6, 6.07) is 4.34. The van der Waals surface area contributed by atoms with E-state index in [9.17, 15) is 9.59 Å². The minimum absolute atomic E-state index is 0.248. The average Bonchev–Trinajstić information content (AvgIpc) is 2.19. The van der Waals surface area contributed by atoms with Crippen molar-refractivity contribution in [2.45, 2.75) is 26.3 Å². The Morgan fingerprint density at radius 1 is 1.47 bits per heavy atom. The number of hydrogen-bond donors (Lipinski definition) is 2. The maximum atomic E-state index is 11.0. The molecule has 1 unspecified atom stereocenters. The van der Waals surface area contributed by atoms with E-state index in [1.165, 1.54) is 6.92 Å². The summed E-state index contributed by atoms with van der Waals surface area (Å²) < 4.78 is 0. The number of aryl methyl sites for hydroxylation is 1. The monoisotopic (exact) mass is 255 g/mol. The third-order valence-electron chi connectivity index (χ3n) is 2.40. The van der Waals surface area contributed by atoms with Gasteiger partial charge in [-0.1, -0.05) is 17.7 Å². The molecule has 1 aromatic carbocycles. The Balaban J connectivity index is 2.86. The summed E-state index contributed by atoms with van der Waals surface area (Å²) in [5.41, 5.74) is 1.77. The molecular formula is C12H14ClNO3. The minimum atomic E-state index is -1.05. The van der Waals surface area contributed by atoms with Crippen LogP contribution in [0.5, 0.6) is 0 Å². The lowest BCUT2D eigenvalue weighted by Crippen LogP contribution is -2.41. The van der Waals surface area contributed by atoms with Gasteiger partial charge in [0.1, 0.15) is 6.04 Å². The molecule has 0 spiro atoms. The molecular weight excluding hydrogens is 242 g/mol. The van der Waals surface area contributed by atoms with Crippen molar-refractivity contribution in [2.75, 3.05) is 0 Å². The minimum Gasteiger partial charge on any atom is -0.480 e. The summed E-state index contributed by atoms with van der Waals surface area (Å²) in [5.74, 6) is -1.40. The topological polar surface area (TPSA) is 66.4 Å². The number of rotatable bonds is 4. The molecule has 5 heteroatoms. The van der Waals surface area contributed by atoms with Crippen molar-refractivity contribution in [3.8, 4) is 0 Å². The standard InChI is InChI=1S/C12H14ClNO3/c1-7-5-10(13)4-3-9(7)6-11(12(16)17)14-8(2)15/h3-5,11H,6H2,1-2H3,(H,14,15)(H,16,17). The van der Waals surface area contributed by atoms with Crippen LogP contribution in [0.15, 0.2) is 18.2 Å². The first-order valence-corrected chi connectivity index (χ1v) is 5.53. The van der Waals surface area contributed by atoms with E-state index in [1.807, 2.05) is 6.92 Å². The van der Waals surface area contributed by atoms with E-state index in [2.05, 4.69) is 5.32 Å². The van der Waals surface area contributed by atoms with Crippen LogP contribution < -0.4 is 5.32 Å². The molecule has 0 radical (unpaired) electrons. The number of amides is 1. The van der Waals surface area contributed by atoms with Gasteiger partial charge in [-0.3, -0.25) is 4.79 Å². The summed E-state index contributed by atoms with van der Waals surface area (Å²) in [6.45, 7) is 3.15. The maximum absolute atomic E-state index is 11.0. The first-order chi connectivity index (χ1) is 7.90. The van der Waals surface area contributed by atoms with E-state index in [4.69, 9.17) is 16.7 Å². The molecule has 0 aromatic heterocycles. The molecule has 0 fully saturated rings. The zero-order chi connectivity index (χ0) is 13.0. The average molecular weight is 256 g/mol. The van der Waals surface area contributed by atoms with E-state index in [1.54, 1.807) is 18.2 Å². The molecule has 0 heterocycles. The van der Waals surface area contributed by atoms with Crippen LogP contribution in [0.4, 0.5) is 0 Å². The highest BCUT2D eigenvalue weighted by atomic mass is 35.5. The summed E-state index contributed by atoms with van der Waals surface area (Å²) >= 11 is 5.81. The smallest absolute Gasteiger partial charge is 0.326 e. The molecule has 0 aliphatic rings. The summed E-state index contributed by atoms with van der Waals surface area (Å²) in [4.78, 5) is 21.9. The van der Waals surface area contributed by atoms with Gasteiger partial charge in [0, 0.05) is 18.4 Å². The maximum Gasteiger partial charge on any atom is 0.326 e. The number of carboxylic acid groups (broad SMARTS) is 1. The van der Waals surface area contributed by atoms with Gasteiger partial charge in [-0.2, -0.15) is 0 Å². The van der Waals surface area contributed by atoms with Crippen LogP contribution in [0.1, 0.15) is 18.1 Å². The predicted molar refractivity (Wildman–Crippen MR) is 65.1 cm³/mol. The van der Waals surface area contributed by atoms with Gasteiger partial charge >= 0.3 is 5.97 Å². The van der Waals surface area contributed by atoms with Crippen LogP contribution in [0.2, 0.25) is 5.02 Å². The van der Waals surface area contributed by atoms with Crippen molar-refractivity contribution in [1.82, 2.24) is 5.32 Å². The van der Waals surface area contributed by atoms with Crippen molar-refractivity contribution >= 4 is 23.5 Å². The first-order valence-electron chi connectivity index (χ1n) is 5.15. The molecule has 4 nitrogen and oxygen atoms in total. The molecule has 92 valence electrons. The van der Waals surface area contributed by atoms with E-state index < -0.39 is 12.0 Å². The van der Waals surface area contributed by atoms with Gasteiger partial charge in [-0.05, 0) is 30.2 Å². The van der Waals surface area contributed by atoms with Crippen molar-refractivity contribution in [3.63, 3.8) is 0 Å². The fourth-order valence-corrected chi connectivity index (χ4v) is 1.78. The molecule has 0 aliphatic heterocycles. The number of hydrogen-bond acceptors (Lipinski definition) is 2. The SMILES string of the molecule is CC(=O)NC(Cc1ccc(Cl)cc1C)C(=O)O. The fraction of sp³-hybridized carbons (Fsp3) is 0.333. The summed E-state index contributed by atoms with van der Waals surface area (Å²) in [5, 5.41) is 12.0. The lowest BCUT2D eigenvalue weighted by Gasteiger charge is -2.14. The Morgan fingerprint density at radius 2 is 2.12 bits per heavy atom. The second-order valence-corrected chi connectivity index (χ2v) is 4.30. The lowest BCUT2D eigenvalue weighted by molar-refractivity contribution is -0.141. The molecule has 1 aromatic rings. The Kier molecular flexibility index (Phi) is 4.52. The number of carboxylic acids is 1. The van der Waals surface area contributed by atoms with Crippen LogP contribution in [0.3, 0.4) is 0 Å². The highest BCUT2D eigenvalue weighted by molar-refractivity contribution is 6.30. The van der Waals surface area contributed by atoms with Crippen LogP contribution in [0, 0.1) is 6.92 Å². The van der Waals surface area contributed by atoms with Crippen molar-refractivity contribution < 1.29 is 14.7 Å². The van der Waals surface area contributed by atoms with Gasteiger partial charge in [0.25, 0.3) is 0 Å². The molecule has 17 heavy (non-hydrogen) atoms. The Hall–Kier alpha value is -1.55. The van der Waals surface area contributed by atoms with E-state index in [0.29, 0.717) is 5.02 Å². The summed E-state index contributed by atoms with van der Waals surface area (Å²) in [7, 11) is 0. The first kappa shape index (κ1) is 13.5. The fourth-order valence-electron chi connectivity index (χ4n) is 1.55. The van der Waals surface area contributed by atoms with E-state index in [-0.39, 0.29) is 12.3 Å². The number of benzene rings is 1. The van der Waals surface area contributed by atoms with Crippen LogP contribution in [-0.4, -0.2) is 23.0 Å². The van der Waals surface area contributed by atoms with Crippen molar-refractivity contribution in [2.24, 2.45) is 0 Å². The van der Waals surface area contributed by atoms with E-state index in [0.717, 1.165) is 11.1 Å². The number of aliphatic carboxylic acids is 1. The molecule has 0 aliphatic carbocycles. The van der Waals surface area contributed by atoms with Crippen molar-refractivity contribution in [3.05, 3.63) is 34.3 Å². The Bertz CT molecular complexity index is 445. The molecule has 0 saturated heterocycles. The number of carbonyl (C=O) groups is 2. The third-order valence-corrected chi connectivity index (χ3v) is 2.64. The Labute approximate surface area is 105 Å². The quantitative estimate of drug-likeness (QED) is 0.862. The molecule has 0 bridgehead atoms. The highest BCUT2D eigenvalue weighted by Gasteiger charge is 2.19. The summed E-state index contributed by atoms with van der Waals surface area (Å²) in [6.07, 6.45) is 0.248. The van der Waals surface area contributed by atoms with Gasteiger partial charge in [0.05, 0.1) is 0 Å². The van der Waals surface area contributed by atoms with Crippen molar-refractivity contribution in [1.29, 1.82) is 0 Å². The Morgan fingerprint density at radius 3 is 2.59 bits per heavy atom. The zero-order valence-electron chi connectivity index (χ0n) is 9.66. The molecule has 0 saturated carbocycles. The second kappa shape index (κ2) is 5.68. The van der Waals surface area contributed by atoms with Gasteiger partial charge in [-0.15, -0.1) is 0 Å². The second-order valence-electron chi connectivity index (χ2n) is 3.87. The van der Waals surface area contributed by atoms with E-state index >= 15 is 0 Å². The van der Waals surface area contributed by atoms with Crippen LogP contribution in [0.25, 0.3) is 0 Å². The van der Waals surface area contributed by atoms with Gasteiger partial charge in [-0.25, -0.2) is 4.79 Å². The molecule has 1 amide bonds. The molecule has 2 N–H and O–H groups in total. The lowest BCUT2D eigenvalue weighted by atomic mass is 10.0. The van der Waals surface area contributed by atoms with Gasteiger partial charge < -0.3 is 10.4 Å². The largest absolute Gasteiger partial charge is 0.480 e.